The largest absolute Gasteiger partial charge is 0.386 e. The molecule has 3 aromatic heterocycles. The summed E-state index contributed by atoms with van der Waals surface area (Å²) in [5, 5.41) is 34.4. The van der Waals surface area contributed by atoms with E-state index in [-0.39, 0.29) is 18.2 Å². The topological polar surface area (TPSA) is 127 Å². The van der Waals surface area contributed by atoms with E-state index < -0.39 is 23.7 Å². The van der Waals surface area contributed by atoms with Gasteiger partial charge in [0.2, 0.25) is 0 Å². The van der Waals surface area contributed by atoms with Crippen molar-refractivity contribution in [2.75, 3.05) is 19.6 Å². The standard InChI is InChI=1S/C26H30FN7O2/c1-26(36,15-31-22-17-4-5-18(22)13-30-12-17)24(27)23(33-25(35)19-3-2-8-29-14-19)21-7-6-20-9-16(10-28)11-32-34(20)21/h2-3,6-9,11,14,17-18,22-24,30-31,36H,4-5,12-13,15H2,1H3,(H,33,35)/t17?,18?,22?,23?,24-,26?/m1/s1. The molecule has 4 unspecified atom stereocenters. The van der Waals surface area contributed by atoms with E-state index in [1.807, 2.05) is 6.07 Å². The van der Waals surface area contributed by atoms with Crippen LogP contribution in [0.25, 0.3) is 5.52 Å². The first-order chi connectivity index (χ1) is 17.4. The lowest BCUT2D eigenvalue weighted by Gasteiger charge is -2.37. The van der Waals surface area contributed by atoms with Crippen LogP contribution in [0.1, 0.15) is 47.4 Å². The van der Waals surface area contributed by atoms with Gasteiger partial charge in [-0.25, -0.2) is 8.91 Å². The van der Waals surface area contributed by atoms with Crippen LogP contribution in [0, 0.1) is 23.2 Å². The van der Waals surface area contributed by atoms with Crippen LogP contribution in [0.2, 0.25) is 0 Å². The van der Waals surface area contributed by atoms with Crippen molar-refractivity contribution in [2.45, 2.75) is 43.6 Å². The van der Waals surface area contributed by atoms with Gasteiger partial charge in [-0.15, -0.1) is 0 Å². The van der Waals surface area contributed by atoms with Crippen LogP contribution < -0.4 is 16.0 Å². The van der Waals surface area contributed by atoms with Crippen molar-refractivity contribution in [2.24, 2.45) is 11.8 Å². The number of fused-ring (bicyclic) bond motifs is 3. The van der Waals surface area contributed by atoms with Gasteiger partial charge in [0.05, 0.1) is 28.5 Å². The summed E-state index contributed by atoms with van der Waals surface area (Å²) in [4.78, 5) is 17.0. The van der Waals surface area contributed by atoms with E-state index in [1.165, 1.54) is 23.8 Å². The van der Waals surface area contributed by atoms with Gasteiger partial charge in [-0.1, -0.05) is 0 Å². The predicted octanol–water partition coefficient (Wildman–Crippen LogP) is 1.75. The van der Waals surface area contributed by atoms with Crippen LogP contribution in [0.5, 0.6) is 0 Å². The van der Waals surface area contributed by atoms with E-state index in [2.05, 4.69) is 26.0 Å². The minimum atomic E-state index is -1.86. The van der Waals surface area contributed by atoms with Crippen LogP contribution in [0.15, 0.2) is 48.9 Å². The van der Waals surface area contributed by atoms with Gasteiger partial charge in [-0.2, -0.15) is 10.4 Å². The number of halogens is 1. The molecule has 1 aliphatic heterocycles. The van der Waals surface area contributed by atoms with Crippen molar-refractivity contribution in [3.05, 3.63) is 65.7 Å². The number of pyridine rings is 1. The Bertz CT molecular complexity index is 1260. The Balaban J connectivity index is 1.42. The molecule has 1 amide bonds. The molecule has 9 nitrogen and oxygen atoms in total. The normalized spacial score (nSPS) is 24.6. The molecule has 1 saturated carbocycles. The summed E-state index contributed by atoms with van der Waals surface area (Å²) in [6.45, 7) is 3.34. The third-order valence-corrected chi connectivity index (χ3v) is 7.51. The second-order valence-electron chi connectivity index (χ2n) is 10.1. The van der Waals surface area contributed by atoms with Gasteiger partial charge < -0.3 is 21.1 Å². The van der Waals surface area contributed by atoms with E-state index in [0.29, 0.717) is 28.6 Å². The summed E-state index contributed by atoms with van der Waals surface area (Å²) in [6.07, 6.45) is 4.71. The van der Waals surface area contributed by atoms with Crippen molar-refractivity contribution in [3.8, 4) is 6.07 Å². The van der Waals surface area contributed by atoms with E-state index >= 15 is 4.39 Å². The number of carbonyl (C=O) groups excluding carboxylic acids is 1. The fraction of sp³-hybridized carbons (Fsp3) is 0.462. The number of hydrogen-bond donors (Lipinski definition) is 4. The highest BCUT2D eigenvalue weighted by Crippen LogP contribution is 2.35. The molecular weight excluding hydrogens is 461 g/mol. The highest BCUT2D eigenvalue weighted by molar-refractivity contribution is 5.94. The molecule has 3 aromatic rings. The number of nitriles is 1. The van der Waals surface area contributed by atoms with Crippen LogP contribution in [-0.4, -0.2) is 63.1 Å². The number of piperidine rings is 1. The Morgan fingerprint density at radius 1 is 1.33 bits per heavy atom. The zero-order chi connectivity index (χ0) is 25.3. The molecule has 4 N–H and O–H groups in total. The molecule has 1 saturated heterocycles. The monoisotopic (exact) mass is 491 g/mol. The SMILES string of the molecule is CC(O)(CNC1C2CCC1CNC2)[C@H](F)C(NC(=O)c1cccnc1)c1ccc2cc(C#N)cnn12. The maximum atomic E-state index is 16.3. The fourth-order valence-electron chi connectivity index (χ4n) is 5.53. The Hall–Kier alpha value is -3.39. The summed E-state index contributed by atoms with van der Waals surface area (Å²) < 4.78 is 17.8. The van der Waals surface area contributed by atoms with Crippen molar-refractivity contribution in [3.63, 3.8) is 0 Å². The van der Waals surface area contributed by atoms with Crippen molar-refractivity contribution in [1.29, 1.82) is 5.26 Å². The fourth-order valence-corrected chi connectivity index (χ4v) is 5.53. The van der Waals surface area contributed by atoms with E-state index in [0.717, 1.165) is 25.9 Å². The lowest BCUT2D eigenvalue weighted by atomic mass is 9.89. The molecule has 2 aliphatic rings. The summed E-state index contributed by atoms with van der Waals surface area (Å²) >= 11 is 0. The van der Waals surface area contributed by atoms with Crippen molar-refractivity contribution in [1.82, 2.24) is 30.5 Å². The summed E-state index contributed by atoms with van der Waals surface area (Å²) in [7, 11) is 0. The van der Waals surface area contributed by atoms with Gasteiger partial charge in [0.1, 0.15) is 17.7 Å². The second-order valence-corrected chi connectivity index (χ2v) is 10.1. The summed E-state index contributed by atoms with van der Waals surface area (Å²) in [5.74, 6) is 0.415. The number of nitrogens with zero attached hydrogens (tertiary/aromatic N) is 4. The van der Waals surface area contributed by atoms with Crippen molar-refractivity contribution < 1.29 is 14.3 Å². The lowest BCUT2D eigenvalue weighted by molar-refractivity contribution is -0.0381. The van der Waals surface area contributed by atoms with Crippen LogP contribution in [-0.2, 0) is 0 Å². The Kier molecular flexibility index (Phi) is 6.71. The van der Waals surface area contributed by atoms with E-state index in [4.69, 9.17) is 0 Å². The molecule has 0 radical (unpaired) electrons. The van der Waals surface area contributed by atoms with E-state index in [9.17, 15) is 15.2 Å². The maximum absolute atomic E-state index is 16.3. The van der Waals surface area contributed by atoms with Gasteiger partial charge in [0.25, 0.3) is 5.91 Å². The van der Waals surface area contributed by atoms with Gasteiger partial charge in [-0.05, 0) is 75.0 Å². The van der Waals surface area contributed by atoms with Gasteiger partial charge in [0.15, 0.2) is 6.17 Å². The average Bonchev–Trinajstić information content (AvgIpc) is 3.41. The molecule has 5 rings (SSSR count). The number of hydrogen-bond acceptors (Lipinski definition) is 7. The van der Waals surface area contributed by atoms with Crippen LogP contribution in [0.4, 0.5) is 4.39 Å². The van der Waals surface area contributed by atoms with Crippen LogP contribution >= 0.6 is 0 Å². The summed E-state index contributed by atoms with van der Waals surface area (Å²) in [5.41, 5.74) is -0.192. The zero-order valence-electron chi connectivity index (χ0n) is 20.1. The first kappa shape index (κ1) is 24.3. The molecule has 0 aromatic carbocycles. The molecule has 5 atom stereocenters. The Morgan fingerprint density at radius 2 is 2.11 bits per heavy atom. The third-order valence-electron chi connectivity index (χ3n) is 7.51. The number of amides is 1. The number of aromatic nitrogens is 3. The number of aliphatic hydroxyl groups is 1. The second kappa shape index (κ2) is 9.93. The number of carbonyl (C=O) groups is 1. The smallest absolute Gasteiger partial charge is 0.253 e. The molecule has 36 heavy (non-hydrogen) atoms. The molecule has 2 bridgehead atoms. The average molecular weight is 492 g/mol. The molecule has 4 heterocycles. The minimum Gasteiger partial charge on any atom is -0.386 e. The Morgan fingerprint density at radius 3 is 2.81 bits per heavy atom. The Labute approximate surface area is 208 Å². The quantitative estimate of drug-likeness (QED) is 0.378. The molecule has 1 aliphatic carbocycles. The third kappa shape index (κ3) is 4.69. The zero-order valence-corrected chi connectivity index (χ0v) is 20.1. The molecule has 0 spiro atoms. The molecule has 10 heteroatoms. The highest BCUT2D eigenvalue weighted by Gasteiger charge is 2.44. The number of rotatable bonds is 8. The van der Waals surface area contributed by atoms with Gasteiger partial charge in [0, 0.05) is 25.0 Å². The molecule has 2 fully saturated rings. The predicted molar refractivity (Wildman–Crippen MR) is 131 cm³/mol. The molecule has 188 valence electrons. The summed E-state index contributed by atoms with van der Waals surface area (Å²) in [6, 6.07) is 9.28. The molecular formula is C26H30FN7O2. The van der Waals surface area contributed by atoms with E-state index in [1.54, 1.807) is 36.5 Å². The minimum absolute atomic E-state index is 0.0421. The lowest BCUT2D eigenvalue weighted by Crippen LogP contribution is -2.57. The van der Waals surface area contributed by atoms with Gasteiger partial charge in [-0.3, -0.25) is 9.78 Å². The van der Waals surface area contributed by atoms with Crippen LogP contribution in [0.3, 0.4) is 0 Å². The highest BCUT2D eigenvalue weighted by atomic mass is 19.1. The first-order valence-electron chi connectivity index (χ1n) is 12.3. The maximum Gasteiger partial charge on any atom is 0.253 e. The number of nitrogens with one attached hydrogen (secondary N) is 3. The first-order valence-corrected chi connectivity index (χ1v) is 12.3. The van der Waals surface area contributed by atoms with Gasteiger partial charge >= 0.3 is 0 Å². The number of alkyl halides is 1. The van der Waals surface area contributed by atoms with Crippen molar-refractivity contribution >= 4 is 11.4 Å².